The Hall–Kier alpha value is -1.28. The van der Waals surface area contributed by atoms with E-state index >= 15 is 0 Å². The van der Waals surface area contributed by atoms with Crippen LogP contribution in [0.2, 0.25) is 0 Å². The molecule has 0 heterocycles. The van der Waals surface area contributed by atoms with Crippen molar-refractivity contribution >= 4 is 0 Å². The molecular formula is C10H17N2+. The molecule has 0 fully saturated rings. The third kappa shape index (κ3) is 2.76. The van der Waals surface area contributed by atoms with Crippen LogP contribution in [0.4, 0.5) is 0 Å². The Morgan fingerprint density at radius 1 is 1.25 bits per heavy atom. The molecule has 0 atom stereocenters. The van der Waals surface area contributed by atoms with Crippen molar-refractivity contribution in [2.24, 2.45) is 0 Å². The molecule has 3 N–H and O–H groups in total. The van der Waals surface area contributed by atoms with Crippen LogP contribution in [0.15, 0.2) is 48.9 Å². The zero-order valence-electron chi connectivity index (χ0n) is 7.88. The van der Waals surface area contributed by atoms with E-state index < -0.39 is 0 Å². The number of likely N-dealkylation sites (N-methyl/N-ethyl adjacent to an activating group) is 1. The highest BCUT2D eigenvalue weighted by Gasteiger charge is 1.99. The number of nitrogens with zero attached hydrogens (tertiary/aromatic N) is 1. The maximum absolute atomic E-state index is 3.71. The third-order valence-corrected chi connectivity index (χ3v) is 1.49. The summed E-state index contributed by atoms with van der Waals surface area (Å²) in [4.78, 5) is 2.00. The molecule has 2 nitrogen and oxygen atoms in total. The lowest BCUT2D eigenvalue weighted by atomic mass is 10.2. The fourth-order valence-electron chi connectivity index (χ4n) is 0.908. The van der Waals surface area contributed by atoms with Gasteiger partial charge in [0.05, 0.1) is 6.20 Å². The van der Waals surface area contributed by atoms with E-state index in [0.717, 1.165) is 11.3 Å². The Morgan fingerprint density at radius 2 is 1.75 bits per heavy atom. The highest BCUT2D eigenvalue weighted by molar-refractivity contribution is 5.37. The molecule has 66 valence electrons. The van der Waals surface area contributed by atoms with Crippen LogP contribution in [0.1, 0.15) is 0 Å². The Bertz CT molecular complexity index is 212. The Labute approximate surface area is 74.4 Å². The van der Waals surface area contributed by atoms with Gasteiger partial charge in [0.25, 0.3) is 0 Å². The molecule has 0 aliphatic carbocycles. The van der Waals surface area contributed by atoms with Crippen LogP contribution < -0.4 is 5.73 Å². The van der Waals surface area contributed by atoms with Gasteiger partial charge in [0.2, 0.25) is 0 Å². The lowest BCUT2D eigenvalue weighted by Gasteiger charge is -2.15. The predicted octanol–water partition coefficient (Wildman–Crippen LogP) is 0.930. The van der Waals surface area contributed by atoms with Crippen molar-refractivity contribution < 1.29 is 5.73 Å². The standard InChI is InChI=1S/C10H16N2/c1-5-9(6-2)10(7-8-11)12(3)4/h5-8H,1-2,11H2,3-4H3/p+1. The van der Waals surface area contributed by atoms with Crippen LogP contribution in [0, 0.1) is 0 Å². The van der Waals surface area contributed by atoms with Crippen molar-refractivity contribution in [3.8, 4) is 0 Å². The van der Waals surface area contributed by atoms with Crippen molar-refractivity contribution in [3.63, 3.8) is 0 Å². The van der Waals surface area contributed by atoms with Crippen LogP contribution in [-0.4, -0.2) is 19.0 Å². The van der Waals surface area contributed by atoms with Crippen molar-refractivity contribution in [2.45, 2.75) is 0 Å². The maximum atomic E-state index is 3.71. The van der Waals surface area contributed by atoms with Crippen LogP contribution >= 0.6 is 0 Å². The van der Waals surface area contributed by atoms with Crippen molar-refractivity contribution in [2.75, 3.05) is 14.1 Å². The van der Waals surface area contributed by atoms with Crippen molar-refractivity contribution in [1.82, 2.24) is 4.90 Å². The molecule has 0 radical (unpaired) electrons. The Kier molecular flexibility index (Phi) is 4.81. The van der Waals surface area contributed by atoms with E-state index in [1.165, 1.54) is 0 Å². The van der Waals surface area contributed by atoms with E-state index in [1.54, 1.807) is 18.4 Å². The average molecular weight is 165 g/mol. The highest BCUT2D eigenvalue weighted by Crippen LogP contribution is 2.10. The molecule has 0 aromatic rings. The molecule has 0 spiro atoms. The summed E-state index contributed by atoms with van der Waals surface area (Å²) in [7, 11) is 3.95. The van der Waals surface area contributed by atoms with Crippen LogP contribution in [0.3, 0.4) is 0 Å². The third-order valence-electron chi connectivity index (χ3n) is 1.49. The predicted molar refractivity (Wildman–Crippen MR) is 53.1 cm³/mol. The van der Waals surface area contributed by atoms with Crippen LogP contribution in [0.25, 0.3) is 0 Å². The first kappa shape index (κ1) is 10.7. The molecule has 0 saturated carbocycles. The number of hydrogen-bond donors (Lipinski definition) is 1. The van der Waals surface area contributed by atoms with Crippen LogP contribution in [-0.2, 0) is 0 Å². The van der Waals surface area contributed by atoms with E-state index in [9.17, 15) is 0 Å². The molecule has 0 rings (SSSR count). The molecule has 2 heteroatoms. The summed E-state index contributed by atoms with van der Waals surface area (Å²) in [5.41, 5.74) is 5.73. The number of quaternary nitrogens is 1. The Balaban J connectivity index is 5.01. The lowest BCUT2D eigenvalue weighted by molar-refractivity contribution is -0.274. The topological polar surface area (TPSA) is 30.9 Å². The summed E-state index contributed by atoms with van der Waals surface area (Å²) < 4.78 is 0. The van der Waals surface area contributed by atoms with Gasteiger partial charge in [0, 0.05) is 25.9 Å². The molecular weight excluding hydrogens is 148 g/mol. The minimum atomic E-state index is 1.01. The normalized spacial score (nSPS) is 9.58. The quantitative estimate of drug-likeness (QED) is 0.617. The number of hydrogen-bond acceptors (Lipinski definition) is 1. The smallest absolute Gasteiger partial charge is 0.0930 e. The average Bonchev–Trinajstić information content (AvgIpc) is 2.05. The van der Waals surface area contributed by atoms with Gasteiger partial charge < -0.3 is 10.6 Å². The van der Waals surface area contributed by atoms with Gasteiger partial charge in [-0.2, -0.15) is 0 Å². The molecule has 0 bridgehead atoms. The first-order valence-electron chi connectivity index (χ1n) is 3.79. The summed E-state index contributed by atoms with van der Waals surface area (Å²) in [6.45, 7) is 7.41. The van der Waals surface area contributed by atoms with E-state index in [4.69, 9.17) is 0 Å². The molecule has 0 amide bonds. The van der Waals surface area contributed by atoms with Crippen molar-refractivity contribution in [1.29, 1.82) is 0 Å². The largest absolute Gasteiger partial charge is 0.377 e. The van der Waals surface area contributed by atoms with E-state index in [-0.39, 0.29) is 0 Å². The molecule has 12 heavy (non-hydrogen) atoms. The van der Waals surface area contributed by atoms with Gasteiger partial charge >= 0.3 is 0 Å². The minimum Gasteiger partial charge on any atom is -0.377 e. The first-order chi connectivity index (χ1) is 5.67. The second kappa shape index (κ2) is 5.38. The fourth-order valence-corrected chi connectivity index (χ4v) is 0.908. The van der Waals surface area contributed by atoms with E-state index in [0.29, 0.717) is 0 Å². The van der Waals surface area contributed by atoms with Crippen LogP contribution in [0.5, 0.6) is 0 Å². The molecule has 0 saturated heterocycles. The summed E-state index contributed by atoms with van der Waals surface area (Å²) >= 11 is 0. The molecule has 0 aliphatic rings. The van der Waals surface area contributed by atoms with Gasteiger partial charge in [0.1, 0.15) is 0 Å². The zero-order valence-corrected chi connectivity index (χ0v) is 7.88. The SMILES string of the molecule is C=CC(C=C)=C(C=C[NH3+])N(C)C. The minimum absolute atomic E-state index is 1.01. The second-order valence-electron chi connectivity index (χ2n) is 2.55. The lowest BCUT2D eigenvalue weighted by Crippen LogP contribution is -2.39. The summed E-state index contributed by atoms with van der Waals surface area (Å²) in [6, 6.07) is 0. The molecule has 0 aliphatic heterocycles. The van der Waals surface area contributed by atoms with Gasteiger partial charge in [-0.1, -0.05) is 25.3 Å². The van der Waals surface area contributed by atoms with Crippen molar-refractivity contribution in [3.05, 3.63) is 48.9 Å². The summed E-state index contributed by atoms with van der Waals surface area (Å²) in [5.74, 6) is 0. The number of allylic oxidation sites excluding steroid dienone is 4. The monoisotopic (exact) mass is 165 g/mol. The zero-order chi connectivity index (χ0) is 9.56. The van der Waals surface area contributed by atoms with Gasteiger partial charge in [0.15, 0.2) is 0 Å². The van der Waals surface area contributed by atoms with Gasteiger partial charge in [-0.25, -0.2) is 0 Å². The molecule has 0 aromatic heterocycles. The van der Waals surface area contributed by atoms with Gasteiger partial charge in [-0.3, -0.25) is 0 Å². The molecule has 0 unspecified atom stereocenters. The highest BCUT2D eigenvalue weighted by atomic mass is 15.1. The Morgan fingerprint density at radius 3 is 2.00 bits per heavy atom. The van der Waals surface area contributed by atoms with E-state index in [1.807, 2.05) is 25.1 Å². The maximum Gasteiger partial charge on any atom is 0.0930 e. The summed E-state index contributed by atoms with van der Waals surface area (Å²) in [6.07, 6.45) is 7.24. The van der Waals surface area contributed by atoms with Gasteiger partial charge in [-0.05, 0) is 5.57 Å². The fraction of sp³-hybridized carbons (Fsp3) is 0.200. The number of rotatable bonds is 4. The van der Waals surface area contributed by atoms with Gasteiger partial charge in [-0.15, -0.1) is 0 Å². The first-order valence-corrected chi connectivity index (χ1v) is 3.79. The van der Waals surface area contributed by atoms with E-state index in [2.05, 4.69) is 18.9 Å². The second-order valence-corrected chi connectivity index (χ2v) is 2.55. The molecule has 0 aromatic carbocycles. The summed E-state index contributed by atoms with van der Waals surface area (Å²) in [5, 5.41) is 0.